The number of hydrogen-bond acceptors (Lipinski definition) is 4. The second kappa shape index (κ2) is 7.23. The fourth-order valence-corrected chi connectivity index (χ4v) is 4.35. The highest BCUT2D eigenvalue weighted by Gasteiger charge is 2.32. The number of aryl methyl sites for hydroxylation is 1. The third kappa shape index (κ3) is 3.70. The second-order valence-electron chi connectivity index (χ2n) is 7.54. The number of aliphatic hydroxyl groups is 1. The number of nitrogens with zero attached hydrogens (tertiary/aromatic N) is 4. The van der Waals surface area contributed by atoms with Gasteiger partial charge in [0.1, 0.15) is 0 Å². The van der Waals surface area contributed by atoms with E-state index in [2.05, 4.69) is 15.9 Å². The molecule has 0 spiro atoms. The van der Waals surface area contributed by atoms with E-state index < -0.39 is 0 Å². The van der Waals surface area contributed by atoms with Gasteiger partial charge in [0.15, 0.2) is 0 Å². The first-order valence-corrected chi connectivity index (χ1v) is 9.71. The average molecular weight is 363 g/mol. The van der Waals surface area contributed by atoms with Gasteiger partial charge in [0.25, 0.3) is 0 Å². The monoisotopic (exact) mass is 362 g/mol. The minimum absolute atomic E-state index is 0.262. The largest absolute Gasteiger partial charge is 0.396 e. The molecule has 2 aliphatic rings. The molecule has 0 unspecified atom stereocenters. The summed E-state index contributed by atoms with van der Waals surface area (Å²) < 4.78 is 1.92. The Morgan fingerprint density at radius 3 is 2.88 bits per heavy atom. The Kier molecular flexibility index (Phi) is 5.00. The maximum absolute atomic E-state index is 9.46. The molecule has 1 saturated carbocycles. The summed E-state index contributed by atoms with van der Waals surface area (Å²) in [6, 6.07) is 6.44. The van der Waals surface area contributed by atoms with Crippen molar-refractivity contribution in [1.82, 2.24) is 19.6 Å². The lowest BCUT2D eigenvalue weighted by atomic mass is 10.1. The fourth-order valence-electron chi connectivity index (χ4n) is 4.07. The zero-order valence-electron chi connectivity index (χ0n) is 14.9. The first-order chi connectivity index (χ1) is 12.2. The molecule has 2 aromatic rings. The number of aliphatic hydroxyl groups excluding tert-OH is 1. The molecule has 5 nitrogen and oxygen atoms in total. The van der Waals surface area contributed by atoms with Crippen molar-refractivity contribution in [3.05, 3.63) is 28.9 Å². The zero-order valence-corrected chi connectivity index (χ0v) is 15.6. The summed E-state index contributed by atoms with van der Waals surface area (Å²) in [5.41, 5.74) is 2.14. The number of halogens is 1. The van der Waals surface area contributed by atoms with E-state index in [9.17, 15) is 5.11 Å². The van der Waals surface area contributed by atoms with Gasteiger partial charge in [0.05, 0.1) is 16.2 Å². The lowest BCUT2D eigenvalue weighted by Gasteiger charge is -2.41. The highest BCUT2D eigenvalue weighted by molar-refractivity contribution is 6.35. The van der Waals surface area contributed by atoms with E-state index in [0.29, 0.717) is 6.04 Å². The van der Waals surface area contributed by atoms with Crippen molar-refractivity contribution < 1.29 is 5.11 Å². The lowest BCUT2D eigenvalue weighted by Crippen LogP contribution is -2.53. The molecular weight excluding hydrogens is 336 g/mol. The third-order valence-electron chi connectivity index (χ3n) is 5.61. The Bertz CT molecular complexity index is 742. The van der Waals surface area contributed by atoms with Crippen LogP contribution in [0.1, 0.15) is 25.0 Å². The van der Waals surface area contributed by atoms with Crippen LogP contribution in [-0.4, -0.2) is 63.5 Å². The molecule has 25 heavy (non-hydrogen) atoms. The van der Waals surface area contributed by atoms with Gasteiger partial charge < -0.3 is 5.11 Å². The Labute approximate surface area is 154 Å². The lowest BCUT2D eigenvalue weighted by molar-refractivity contribution is 0.0517. The zero-order chi connectivity index (χ0) is 17.4. The number of benzene rings is 1. The van der Waals surface area contributed by atoms with Gasteiger partial charge in [0.2, 0.25) is 0 Å². The molecule has 2 fully saturated rings. The molecule has 0 amide bonds. The van der Waals surface area contributed by atoms with Crippen LogP contribution < -0.4 is 0 Å². The minimum atomic E-state index is 0.262. The Hall–Kier alpha value is -1.14. The van der Waals surface area contributed by atoms with E-state index in [1.807, 2.05) is 23.9 Å². The van der Waals surface area contributed by atoms with Crippen LogP contribution in [0.4, 0.5) is 0 Å². The SMILES string of the molecule is Cn1nc(CN2CCN(CC3CC3)[C@H](CCO)C2)c2c(Cl)cccc21. The van der Waals surface area contributed by atoms with Crippen LogP contribution in [0.5, 0.6) is 0 Å². The van der Waals surface area contributed by atoms with Crippen molar-refractivity contribution in [3.8, 4) is 0 Å². The van der Waals surface area contributed by atoms with Gasteiger partial charge in [0, 0.05) is 57.8 Å². The molecule has 0 radical (unpaired) electrons. The van der Waals surface area contributed by atoms with Gasteiger partial charge in [-0.05, 0) is 37.3 Å². The molecule has 6 heteroatoms. The van der Waals surface area contributed by atoms with Gasteiger partial charge in [-0.3, -0.25) is 14.5 Å². The molecule has 1 aliphatic heterocycles. The number of hydrogen-bond donors (Lipinski definition) is 1. The molecule has 1 N–H and O–H groups in total. The molecule has 0 bridgehead atoms. The smallest absolute Gasteiger partial charge is 0.0858 e. The van der Waals surface area contributed by atoms with Gasteiger partial charge in [-0.1, -0.05) is 17.7 Å². The Balaban J connectivity index is 1.49. The van der Waals surface area contributed by atoms with Crippen LogP contribution in [0.2, 0.25) is 5.02 Å². The maximum Gasteiger partial charge on any atom is 0.0858 e. The molecule has 4 rings (SSSR count). The van der Waals surface area contributed by atoms with Gasteiger partial charge in [-0.2, -0.15) is 5.10 Å². The third-order valence-corrected chi connectivity index (χ3v) is 5.93. The predicted octanol–water partition coefficient (Wildman–Crippen LogP) is 2.51. The topological polar surface area (TPSA) is 44.5 Å². The van der Waals surface area contributed by atoms with Gasteiger partial charge in [-0.15, -0.1) is 0 Å². The number of rotatable bonds is 6. The summed E-state index contributed by atoms with van der Waals surface area (Å²) in [5, 5.41) is 16.0. The summed E-state index contributed by atoms with van der Waals surface area (Å²) in [4.78, 5) is 5.06. The molecule has 2 heterocycles. The van der Waals surface area contributed by atoms with E-state index in [1.165, 1.54) is 19.4 Å². The average Bonchev–Trinajstić information content (AvgIpc) is 3.35. The molecule has 1 atom stereocenters. The van der Waals surface area contributed by atoms with Crippen molar-refractivity contribution in [2.24, 2.45) is 13.0 Å². The van der Waals surface area contributed by atoms with Crippen LogP contribution in [-0.2, 0) is 13.6 Å². The number of fused-ring (bicyclic) bond motifs is 1. The fraction of sp³-hybridized carbons (Fsp3) is 0.632. The normalized spacial score (nSPS) is 22.8. The Morgan fingerprint density at radius 1 is 1.28 bits per heavy atom. The molecule has 1 saturated heterocycles. The summed E-state index contributed by atoms with van der Waals surface area (Å²) >= 11 is 6.45. The van der Waals surface area contributed by atoms with Crippen LogP contribution in [0, 0.1) is 5.92 Å². The van der Waals surface area contributed by atoms with E-state index in [-0.39, 0.29) is 6.61 Å². The quantitative estimate of drug-likeness (QED) is 0.857. The second-order valence-corrected chi connectivity index (χ2v) is 7.95. The van der Waals surface area contributed by atoms with Crippen LogP contribution >= 0.6 is 11.6 Å². The van der Waals surface area contributed by atoms with Gasteiger partial charge in [-0.25, -0.2) is 0 Å². The minimum Gasteiger partial charge on any atom is -0.396 e. The summed E-state index contributed by atoms with van der Waals surface area (Å²) in [6.07, 6.45) is 3.61. The highest BCUT2D eigenvalue weighted by Crippen LogP contribution is 2.32. The molecular formula is C19H27ClN4O. The number of piperazine rings is 1. The summed E-state index contributed by atoms with van der Waals surface area (Å²) in [7, 11) is 1.98. The van der Waals surface area contributed by atoms with E-state index >= 15 is 0 Å². The Morgan fingerprint density at radius 2 is 2.12 bits per heavy atom. The van der Waals surface area contributed by atoms with Crippen molar-refractivity contribution >= 4 is 22.5 Å². The molecule has 136 valence electrons. The van der Waals surface area contributed by atoms with Gasteiger partial charge >= 0.3 is 0 Å². The molecule has 1 aromatic carbocycles. The highest BCUT2D eigenvalue weighted by atomic mass is 35.5. The summed E-state index contributed by atoms with van der Waals surface area (Å²) in [6.45, 7) is 5.42. The van der Waals surface area contributed by atoms with Crippen molar-refractivity contribution in [1.29, 1.82) is 0 Å². The molecule has 1 aliphatic carbocycles. The first kappa shape index (κ1) is 17.3. The van der Waals surface area contributed by atoms with E-state index in [1.54, 1.807) is 0 Å². The van der Waals surface area contributed by atoms with E-state index in [4.69, 9.17) is 16.7 Å². The first-order valence-electron chi connectivity index (χ1n) is 9.33. The van der Waals surface area contributed by atoms with Crippen molar-refractivity contribution in [2.45, 2.75) is 31.8 Å². The van der Waals surface area contributed by atoms with Crippen molar-refractivity contribution in [2.75, 3.05) is 32.8 Å². The van der Waals surface area contributed by atoms with Crippen LogP contribution in [0.25, 0.3) is 10.9 Å². The molecule has 1 aromatic heterocycles. The summed E-state index contributed by atoms with van der Waals surface area (Å²) in [5.74, 6) is 0.895. The van der Waals surface area contributed by atoms with Crippen LogP contribution in [0.15, 0.2) is 18.2 Å². The van der Waals surface area contributed by atoms with Crippen LogP contribution in [0.3, 0.4) is 0 Å². The number of aromatic nitrogens is 2. The maximum atomic E-state index is 9.46. The van der Waals surface area contributed by atoms with E-state index in [0.717, 1.165) is 60.1 Å². The standard InChI is InChI=1S/C19H27ClN4O/c1-22-18-4-2-3-16(20)19(18)17(21-22)13-23-8-9-24(11-14-5-6-14)15(12-23)7-10-25/h2-4,14-15,25H,5-13H2,1H3/t15-/m1/s1. The predicted molar refractivity (Wildman–Crippen MR) is 101 cm³/mol. The van der Waals surface area contributed by atoms with Crippen molar-refractivity contribution in [3.63, 3.8) is 0 Å².